The summed E-state index contributed by atoms with van der Waals surface area (Å²) in [7, 11) is 3.34. The number of carbonyl (C=O) groups excluding carboxylic acids is 6. The number of Topliss-reactive ketones (excluding diaryl/α,β-unsaturated/α-hetero) is 1. The van der Waals surface area contributed by atoms with Crippen molar-refractivity contribution in [1.29, 1.82) is 0 Å². The number of carbonyl (C=O) groups is 6. The molecule has 2 atom stereocenters. The number of benzene rings is 3. The molecule has 17 heteroatoms. The van der Waals surface area contributed by atoms with E-state index in [9.17, 15) is 28.8 Å². The minimum atomic E-state index is -0.716. The van der Waals surface area contributed by atoms with Crippen molar-refractivity contribution in [1.82, 2.24) is 20.2 Å². The number of aromatic nitrogens is 2. The van der Waals surface area contributed by atoms with Crippen LogP contribution in [0, 0.1) is 0 Å². The number of fused-ring (bicyclic) bond motifs is 2. The first kappa shape index (κ1) is 48.7. The van der Waals surface area contributed by atoms with Crippen LogP contribution < -0.4 is 25.2 Å². The maximum absolute atomic E-state index is 13.3. The van der Waals surface area contributed by atoms with Gasteiger partial charge in [0.25, 0.3) is 5.91 Å². The number of methoxy groups -OCH3 is 1. The monoisotopic (exact) mass is 971 g/mol. The van der Waals surface area contributed by atoms with Gasteiger partial charge in [-0.05, 0) is 68.0 Å². The highest BCUT2D eigenvalue weighted by molar-refractivity contribution is 9.10. The lowest BCUT2D eigenvalue weighted by Gasteiger charge is -2.40. The van der Waals surface area contributed by atoms with E-state index in [1.165, 1.54) is 4.90 Å². The number of amides is 5. The van der Waals surface area contributed by atoms with Gasteiger partial charge in [-0.3, -0.25) is 34.1 Å². The SMILES string of the molecule is CC[C@@H]1C(=O)N(C)c2cnc(Cc3ccc(C(=O)CCCOCCCCCCC(=O)Nc4cccc5c4CN(C4CCC(=O)NC4=O)C5=O)cc3OC)nc2N1Cc1ccc(Br)cc1.Cl. The van der Waals surface area contributed by atoms with Crippen molar-refractivity contribution in [2.24, 2.45) is 0 Å². The molecule has 3 aliphatic rings. The molecule has 1 unspecified atom stereocenters. The number of piperidine rings is 1. The molecule has 1 aromatic heterocycles. The summed E-state index contributed by atoms with van der Waals surface area (Å²) >= 11 is 3.50. The second-order valence-corrected chi connectivity index (χ2v) is 17.3. The third-order valence-corrected chi connectivity index (χ3v) is 12.6. The average Bonchev–Trinajstić information content (AvgIpc) is 3.63. The molecule has 15 nitrogen and oxygen atoms in total. The Morgan fingerprint density at radius 3 is 2.48 bits per heavy atom. The Balaban J connectivity index is 0.00000700. The first-order valence-corrected chi connectivity index (χ1v) is 22.7. The summed E-state index contributed by atoms with van der Waals surface area (Å²) in [5, 5.41) is 5.25. The Hall–Kier alpha value is -5.71. The number of anilines is 3. The van der Waals surface area contributed by atoms with Gasteiger partial charge in [0.1, 0.15) is 29.3 Å². The normalized spacial score (nSPS) is 16.8. The number of hydrogen-bond acceptors (Lipinski definition) is 11. The van der Waals surface area contributed by atoms with E-state index in [-0.39, 0.29) is 67.2 Å². The van der Waals surface area contributed by atoms with Crippen LogP contribution in [0.4, 0.5) is 17.2 Å². The molecule has 4 heterocycles. The first-order chi connectivity index (χ1) is 30.9. The van der Waals surface area contributed by atoms with Gasteiger partial charge >= 0.3 is 0 Å². The van der Waals surface area contributed by atoms with E-state index in [0.29, 0.717) is 104 Å². The maximum atomic E-state index is 13.3. The van der Waals surface area contributed by atoms with Crippen molar-refractivity contribution < 1.29 is 38.2 Å². The van der Waals surface area contributed by atoms with Crippen LogP contribution in [0.3, 0.4) is 0 Å². The van der Waals surface area contributed by atoms with Crippen LogP contribution in [0.5, 0.6) is 5.75 Å². The topological polar surface area (TPSA) is 180 Å². The number of ether oxygens (including phenoxy) is 2. The van der Waals surface area contributed by atoms with Gasteiger partial charge in [0.2, 0.25) is 23.6 Å². The fourth-order valence-corrected chi connectivity index (χ4v) is 8.76. The second kappa shape index (κ2) is 22.5. The maximum Gasteiger partial charge on any atom is 0.255 e. The van der Waals surface area contributed by atoms with Crippen LogP contribution in [0.25, 0.3) is 0 Å². The lowest BCUT2D eigenvalue weighted by atomic mass is 10.0. The minimum absolute atomic E-state index is 0. The van der Waals surface area contributed by atoms with E-state index in [4.69, 9.17) is 14.5 Å². The molecule has 1 fully saturated rings. The predicted molar refractivity (Wildman–Crippen MR) is 251 cm³/mol. The number of likely N-dealkylation sites (N-methyl/N-ethyl adjacent to an activating group) is 1. The summed E-state index contributed by atoms with van der Waals surface area (Å²) in [6.45, 7) is 3.74. The van der Waals surface area contributed by atoms with Crippen molar-refractivity contribution in [3.8, 4) is 5.75 Å². The number of ketones is 1. The Morgan fingerprint density at radius 1 is 0.954 bits per heavy atom. The van der Waals surface area contributed by atoms with Crippen LogP contribution in [0.15, 0.2) is 71.3 Å². The van der Waals surface area contributed by atoms with Crippen molar-refractivity contribution >= 4 is 80.8 Å². The molecule has 65 heavy (non-hydrogen) atoms. The van der Waals surface area contributed by atoms with Crippen LogP contribution >= 0.6 is 28.3 Å². The summed E-state index contributed by atoms with van der Waals surface area (Å²) in [5.41, 5.74) is 4.80. The number of nitrogens with one attached hydrogen (secondary N) is 2. The molecule has 0 aliphatic carbocycles. The van der Waals surface area contributed by atoms with Crippen molar-refractivity contribution in [2.45, 2.75) is 103 Å². The second-order valence-electron chi connectivity index (χ2n) is 16.4. The third kappa shape index (κ3) is 11.6. The van der Waals surface area contributed by atoms with E-state index >= 15 is 0 Å². The first-order valence-electron chi connectivity index (χ1n) is 21.9. The van der Waals surface area contributed by atoms with Crippen molar-refractivity contribution in [2.75, 3.05) is 42.5 Å². The average molecular weight is 973 g/mol. The Kier molecular flexibility index (Phi) is 16.8. The van der Waals surface area contributed by atoms with Crippen LogP contribution in [-0.2, 0) is 43.4 Å². The number of rotatable bonds is 20. The van der Waals surface area contributed by atoms with Crippen molar-refractivity contribution in [3.63, 3.8) is 0 Å². The number of unbranched alkanes of at least 4 members (excludes halogenated alkanes) is 3. The van der Waals surface area contributed by atoms with Gasteiger partial charge in [-0.25, -0.2) is 9.97 Å². The van der Waals surface area contributed by atoms with Crippen molar-refractivity contribution in [3.05, 3.63) is 105 Å². The zero-order valence-corrected chi connectivity index (χ0v) is 39.3. The summed E-state index contributed by atoms with van der Waals surface area (Å²) in [4.78, 5) is 91.2. The quantitative estimate of drug-likeness (QED) is 0.0514. The molecule has 7 rings (SSSR count). The van der Waals surface area contributed by atoms with Gasteiger partial charge in [-0.2, -0.15) is 0 Å². The zero-order chi connectivity index (χ0) is 45.3. The summed E-state index contributed by atoms with van der Waals surface area (Å²) in [5.74, 6) is 0.614. The largest absolute Gasteiger partial charge is 0.496 e. The lowest BCUT2D eigenvalue weighted by Crippen LogP contribution is -2.52. The van der Waals surface area contributed by atoms with Crippen LogP contribution in [0.2, 0.25) is 0 Å². The Morgan fingerprint density at radius 2 is 1.72 bits per heavy atom. The molecule has 3 aliphatic heterocycles. The summed E-state index contributed by atoms with van der Waals surface area (Å²) < 4.78 is 12.5. The molecule has 1 saturated heterocycles. The van der Waals surface area contributed by atoms with E-state index < -0.39 is 11.9 Å². The van der Waals surface area contributed by atoms with E-state index in [1.54, 1.807) is 49.5 Å². The van der Waals surface area contributed by atoms with E-state index in [0.717, 1.165) is 34.9 Å². The molecule has 0 saturated carbocycles. The molecule has 2 N–H and O–H groups in total. The molecule has 4 aromatic rings. The highest BCUT2D eigenvalue weighted by Crippen LogP contribution is 2.37. The molecule has 5 amide bonds. The number of halogens is 2. The van der Waals surface area contributed by atoms with Gasteiger partial charge < -0.3 is 29.5 Å². The summed E-state index contributed by atoms with van der Waals surface area (Å²) in [6.07, 6.45) is 7.68. The third-order valence-electron chi connectivity index (χ3n) is 12.0. The standard InChI is InChI=1S/C48H54BrN7O8.ClH/c1-4-37-48(62)54(2)39-27-50-42(52-45(39)55(37)28-30-15-19-33(49)20-16-30)26-32-18-17-31(25-41(32)63-3)40(57)13-10-24-64-23-8-6-5-7-14-43(58)51-36-12-9-11-34-35(36)29-56(47(34)61)38-21-22-44(59)53-46(38)60;/h9,11-12,15-20,25,27,37-38H,4-8,10,13-14,21-24,26,28-29H2,1-3H3,(H,51,58)(H,53,59,60);1H/t37-,38?;/m1./s1. The van der Waals surface area contributed by atoms with Gasteiger partial charge in [-0.1, -0.05) is 66.0 Å². The van der Waals surface area contributed by atoms with Crippen LogP contribution in [-0.4, -0.2) is 89.6 Å². The van der Waals surface area contributed by atoms with Gasteiger partial charge in [0.15, 0.2) is 11.6 Å². The minimum Gasteiger partial charge on any atom is -0.496 e. The highest BCUT2D eigenvalue weighted by Gasteiger charge is 2.40. The van der Waals surface area contributed by atoms with Gasteiger partial charge in [0.05, 0.1) is 13.3 Å². The number of imide groups is 1. The Labute approximate surface area is 393 Å². The van der Waals surface area contributed by atoms with Gasteiger partial charge in [0, 0.05) is 91.4 Å². The fourth-order valence-electron chi connectivity index (χ4n) is 8.50. The molecule has 0 bridgehead atoms. The molecule has 344 valence electrons. The van der Waals surface area contributed by atoms with Gasteiger partial charge in [-0.15, -0.1) is 12.4 Å². The molecular weight excluding hydrogens is 918 g/mol. The molecule has 3 aromatic carbocycles. The van der Waals surface area contributed by atoms with E-state index in [1.807, 2.05) is 43.3 Å². The highest BCUT2D eigenvalue weighted by atomic mass is 79.9. The van der Waals surface area contributed by atoms with E-state index in [2.05, 4.69) is 36.4 Å². The smallest absolute Gasteiger partial charge is 0.255 e. The predicted octanol–water partition coefficient (Wildman–Crippen LogP) is 7.35. The fraction of sp³-hybridized carbons (Fsp3) is 0.417. The number of hydrogen-bond donors (Lipinski definition) is 2. The lowest BCUT2D eigenvalue weighted by molar-refractivity contribution is -0.137. The molecular formula is C48H55BrClN7O8. The molecule has 0 radical (unpaired) electrons. The zero-order valence-electron chi connectivity index (χ0n) is 36.9. The molecule has 0 spiro atoms. The number of nitrogens with zero attached hydrogens (tertiary/aromatic N) is 5. The van der Waals surface area contributed by atoms with Crippen LogP contribution in [0.1, 0.15) is 114 Å². The summed E-state index contributed by atoms with van der Waals surface area (Å²) in [6, 6.07) is 17.6. The Bertz CT molecular complexity index is 2420.